The van der Waals surface area contributed by atoms with Gasteiger partial charge in [0.15, 0.2) is 0 Å². The smallest absolute Gasteiger partial charge is 0.239 e. The maximum Gasteiger partial charge on any atom is 0.239 e. The summed E-state index contributed by atoms with van der Waals surface area (Å²) in [6, 6.07) is 18.3. The van der Waals surface area contributed by atoms with Crippen LogP contribution in [0.4, 0.5) is 5.69 Å². The van der Waals surface area contributed by atoms with Gasteiger partial charge < -0.3 is 4.74 Å². The molecule has 0 saturated carbocycles. The van der Waals surface area contributed by atoms with Gasteiger partial charge in [-0.2, -0.15) is 0 Å². The number of hydrogen-bond donors (Lipinski definition) is 0. The summed E-state index contributed by atoms with van der Waals surface area (Å²) in [5.41, 5.74) is 3.22. The highest BCUT2D eigenvalue weighted by atomic mass is 32.2. The second kappa shape index (κ2) is 8.22. The van der Waals surface area contributed by atoms with Crippen LogP contribution >= 0.6 is 0 Å². The highest BCUT2D eigenvalue weighted by Gasteiger charge is 2.24. The van der Waals surface area contributed by atoms with E-state index in [1.54, 1.807) is 49.8 Å². The average Bonchev–Trinajstić information content (AvgIpc) is 2.68. The minimum absolute atomic E-state index is 0.0786. The second-order valence-corrected chi connectivity index (χ2v) is 8.20. The Bertz CT molecular complexity index is 987. The van der Waals surface area contributed by atoms with Crippen molar-refractivity contribution >= 4 is 15.7 Å². The lowest BCUT2D eigenvalue weighted by Gasteiger charge is -2.25. The first kappa shape index (κ1) is 18.9. The fourth-order valence-electron chi connectivity index (χ4n) is 2.75. The largest absolute Gasteiger partial charge is 0.497 e. The van der Waals surface area contributed by atoms with E-state index in [9.17, 15) is 8.42 Å². The summed E-state index contributed by atoms with van der Waals surface area (Å²) in [6.07, 6.45) is 3.34. The zero-order chi connectivity index (χ0) is 19.3. The zero-order valence-corrected chi connectivity index (χ0v) is 16.2. The Hall–Kier alpha value is -2.86. The Morgan fingerprint density at radius 3 is 2.44 bits per heavy atom. The molecule has 0 bridgehead atoms. The number of aromatic nitrogens is 1. The van der Waals surface area contributed by atoms with Crippen molar-refractivity contribution in [2.45, 2.75) is 19.2 Å². The van der Waals surface area contributed by atoms with E-state index in [-0.39, 0.29) is 12.3 Å². The van der Waals surface area contributed by atoms with Crippen molar-refractivity contribution in [3.8, 4) is 5.75 Å². The summed E-state index contributed by atoms with van der Waals surface area (Å²) in [4.78, 5) is 4.09. The molecule has 0 aliphatic rings. The lowest BCUT2D eigenvalue weighted by molar-refractivity contribution is 0.415. The second-order valence-electron chi connectivity index (χ2n) is 6.31. The fourth-order valence-corrected chi connectivity index (χ4v) is 4.30. The SMILES string of the molecule is COc1cccc(N(Cc2cccnc2)S(=O)(=O)Cc2ccc(C)cc2)c1. The monoisotopic (exact) mass is 382 g/mol. The van der Waals surface area contributed by atoms with Crippen LogP contribution < -0.4 is 9.04 Å². The van der Waals surface area contributed by atoms with Crippen LogP contribution in [0.2, 0.25) is 0 Å². The maximum atomic E-state index is 13.3. The molecule has 1 heterocycles. The zero-order valence-electron chi connectivity index (χ0n) is 15.4. The summed E-state index contributed by atoms with van der Waals surface area (Å²) in [5.74, 6) is 0.527. The predicted molar refractivity (Wildman–Crippen MR) is 107 cm³/mol. The number of hydrogen-bond acceptors (Lipinski definition) is 4. The number of nitrogens with zero attached hydrogens (tertiary/aromatic N) is 2. The molecule has 0 aliphatic carbocycles. The van der Waals surface area contributed by atoms with E-state index in [0.717, 1.165) is 16.7 Å². The van der Waals surface area contributed by atoms with Crippen LogP contribution in [0, 0.1) is 6.92 Å². The number of methoxy groups -OCH3 is 1. The third-order valence-electron chi connectivity index (χ3n) is 4.20. The molecule has 0 amide bonds. The standard InChI is InChI=1S/C21H22N2O3S/c1-17-8-10-18(11-9-17)16-27(24,25)23(15-19-5-4-12-22-14-19)20-6-3-7-21(13-20)26-2/h3-14H,15-16H2,1-2H3. The molecule has 27 heavy (non-hydrogen) atoms. The van der Waals surface area contributed by atoms with E-state index in [0.29, 0.717) is 11.4 Å². The molecule has 0 atom stereocenters. The van der Waals surface area contributed by atoms with Gasteiger partial charge in [-0.3, -0.25) is 9.29 Å². The molecule has 140 valence electrons. The van der Waals surface area contributed by atoms with Crippen molar-refractivity contribution in [3.05, 3.63) is 89.7 Å². The molecule has 0 spiro atoms. The Labute approximate surface area is 160 Å². The van der Waals surface area contributed by atoms with Gasteiger partial charge in [0.2, 0.25) is 10.0 Å². The molecular formula is C21H22N2O3S. The van der Waals surface area contributed by atoms with E-state index < -0.39 is 10.0 Å². The van der Waals surface area contributed by atoms with Gasteiger partial charge in [-0.05, 0) is 36.2 Å². The number of ether oxygens (including phenoxy) is 1. The van der Waals surface area contributed by atoms with Gasteiger partial charge in [-0.25, -0.2) is 8.42 Å². The topological polar surface area (TPSA) is 59.5 Å². The number of benzene rings is 2. The minimum atomic E-state index is -3.61. The first-order chi connectivity index (χ1) is 13.0. The number of sulfonamides is 1. The molecule has 0 N–H and O–H groups in total. The molecule has 5 nitrogen and oxygen atoms in total. The number of aryl methyl sites for hydroxylation is 1. The van der Waals surface area contributed by atoms with Crippen molar-refractivity contribution in [3.63, 3.8) is 0 Å². The van der Waals surface area contributed by atoms with Gasteiger partial charge in [0, 0.05) is 18.5 Å². The molecule has 0 saturated heterocycles. The highest BCUT2D eigenvalue weighted by molar-refractivity contribution is 7.92. The molecule has 3 rings (SSSR count). The molecular weight excluding hydrogens is 360 g/mol. The Morgan fingerprint density at radius 2 is 1.78 bits per heavy atom. The highest BCUT2D eigenvalue weighted by Crippen LogP contribution is 2.27. The van der Waals surface area contributed by atoms with Gasteiger partial charge in [0.25, 0.3) is 0 Å². The van der Waals surface area contributed by atoms with Crippen LogP contribution in [0.3, 0.4) is 0 Å². The molecule has 0 unspecified atom stereocenters. The lowest BCUT2D eigenvalue weighted by Crippen LogP contribution is -2.31. The maximum absolute atomic E-state index is 13.3. The van der Waals surface area contributed by atoms with Gasteiger partial charge in [0.05, 0.1) is 25.1 Å². The van der Waals surface area contributed by atoms with E-state index in [4.69, 9.17) is 4.74 Å². The first-order valence-electron chi connectivity index (χ1n) is 8.57. The molecule has 0 aliphatic heterocycles. The van der Waals surface area contributed by atoms with Crippen molar-refractivity contribution < 1.29 is 13.2 Å². The summed E-state index contributed by atoms with van der Waals surface area (Å²) < 4.78 is 33.2. The minimum Gasteiger partial charge on any atom is -0.497 e. The number of pyridine rings is 1. The lowest BCUT2D eigenvalue weighted by atomic mass is 10.2. The first-order valence-corrected chi connectivity index (χ1v) is 10.2. The van der Waals surface area contributed by atoms with Crippen LogP contribution in [0.15, 0.2) is 73.1 Å². The Balaban J connectivity index is 1.97. The fraction of sp³-hybridized carbons (Fsp3) is 0.190. The molecule has 2 aromatic carbocycles. The van der Waals surface area contributed by atoms with Gasteiger partial charge in [-0.1, -0.05) is 42.0 Å². The molecule has 0 fully saturated rings. The van der Waals surface area contributed by atoms with Crippen molar-refractivity contribution in [2.75, 3.05) is 11.4 Å². The third kappa shape index (κ3) is 4.86. The molecule has 6 heteroatoms. The van der Waals surface area contributed by atoms with Crippen molar-refractivity contribution in [1.29, 1.82) is 0 Å². The van der Waals surface area contributed by atoms with E-state index >= 15 is 0 Å². The van der Waals surface area contributed by atoms with Gasteiger partial charge >= 0.3 is 0 Å². The van der Waals surface area contributed by atoms with Crippen LogP contribution in [-0.4, -0.2) is 20.5 Å². The number of rotatable bonds is 7. The van der Waals surface area contributed by atoms with Crippen LogP contribution in [-0.2, 0) is 22.3 Å². The third-order valence-corrected chi connectivity index (χ3v) is 5.91. The molecule has 1 aromatic heterocycles. The Morgan fingerprint density at radius 1 is 1.00 bits per heavy atom. The summed E-state index contributed by atoms with van der Waals surface area (Å²) in [5, 5.41) is 0. The van der Waals surface area contributed by atoms with Crippen molar-refractivity contribution in [2.24, 2.45) is 0 Å². The van der Waals surface area contributed by atoms with Crippen LogP contribution in [0.5, 0.6) is 5.75 Å². The summed E-state index contributed by atoms with van der Waals surface area (Å²) in [6.45, 7) is 2.18. The predicted octanol–water partition coefficient (Wildman–Crippen LogP) is 3.94. The average molecular weight is 382 g/mol. The molecule has 0 radical (unpaired) electrons. The van der Waals surface area contributed by atoms with E-state index in [1.165, 1.54) is 4.31 Å². The normalized spacial score (nSPS) is 11.2. The van der Waals surface area contributed by atoms with E-state index in [2.05, 4.69) is 4.98 Å². The summed E-state index contributed by atoms with van der Waals surface area (Å²) >= 11 is 0. The van der Waals surface area contributed by atoms with Crippen LogP contribution in [0.25, 0.3) is 0 Å². The van der Waals surface area contributed by atoms with E-state index in [1.807, 2.05) is 37.3 Å². The van der Waals surface area contributed by atoms with Gasteiger partial charge in [-0.15, -0.1) is 0 Å². The molecule has 3 aromatic rings. The van der Waals surface area contributed by atoms with Gasteiger partial charge in [0.1, 0.15) is 5.75 Å². The van der Waals surface area contributed by atoms with Crippen LogP contribution in [0.1, 0.15) is 16.7 Å². The van der Waals surface area contributed by atoms with Crippen molar-refractivity contribution in [1.82, 2.24) is 4.98 Å². The number of anilines is 1. The quantitative estimate of drug-likeness (QED) is 0.621. The Kier molecular flexibility index (Phi) is 5.76. The summed E-state index contributed by atoms with van der Waals surface area (Å²) in [7, 11) is -2.05.